The maximum Gasteiger partial charge on any atom is 0.253 e. The largest absolute Gasteiger partial charge is 0.360 e. The first-order chi connectivity index (χ1) is 13.3. The van der Waals surface area contributed by atoms with Crippen molar-refractivity contribution in [1.29, 1.82) is 0 Å². The molecule has 1 atom stereocenters. The summed E-state index contributed by atoms with van der Waals surface area (Å²) in [6.07, 6.45) is 0. The van der Waals surface area contributed by atoms with Crippen LogP contribution >= 0.6 is 11.8 Å². The van der Waals surface area contributed by atoms with Crippen molar-refractivity contribution in [2.75, 3.05) is 25.2 Å². The van der Waals surface area contributed by atoms with Gasteiger partial charge in [-0.15, -0.1) is 11.8 Å². The molecule has 9 heteroatoms. The zero-order valence-electron chi connectivity index (χ0n) is 16.3. The van der Waals surface area contributed by atoms with E-state index >= 15 is 0 Å². The number of hydrogen-bond acceptors (Lipinski definition) is 6. The Kier molecular flexibility index (Phi) is 7.62. The standard InChI is InChI=1S/C19H24N4O4S/c1-12-9-16(22-27-12)21-18(25)13(2)28-11-17(24)20-10-14-5-7-15(8-6-14)19(26)23(3)4/h5-9,13H,10-11H2,1-4H3,(H,20,24)(H,21,22,25)/t13-/m1/s1. The van der Waals surface area contributed by atoms with Crippen LogP contribution in [0, 0.1) is 6.92 Å². The fourth-order valence-corrected chi connectivity index (χ4v) is 2.92. The summed E-state index contributed by atoms with van der Waals surface area (Å²) in [7, 11) is 3.39. The maximum atomic E-state index is 12.1. The monoisotopic (exact) mass is 404 g/mol. The molecule has 28 heavy (non-hydrogen) atoms. The summed E-state index contributed by atoms with van der Waals surface area (Å²) in [5.74, 6) is 0.635. The van der Waals surface area contributed by atoms with Crippen molar-refractivity contribution >= 4 is 35.3 Å². The average molecular weight is 404 g/mol. The van der Waals surface area contributed by atoms with E-state index in [4.69, 9.17) is 4.52 Å². The fourth-order valence-electron chi connectivity index (χ4n) is 2.20. The third kappa shape index (κ3) is 6.41. The van der Waals surface area contributed by atoms with Crippen LogP contribution in [-0.2, 0) is 16.1 Å². The van der Waals surface area contributed by atoms with Crippen molar-refractivity contribution < 1.29 is 18.9 Å². The molecule has 3 amide bonds. The lowest BCUT2D eigenvalue weighted by atomic mass is 10.1. The first kappa shape index (κ1) is 21.5. The van der Waals surface area contributed by atoms with Gasteiger partial charge in [-0.2, -0.15) is 0 Å². The maximum absolute atomic E-state index is 12.1. The number of nitrogens with zero attached hydrogens (tertiary/aromatic N) is 2. The van der Waals surface area contributed by atoms with Gasteiger partial charge in [-0.3, -0.25) is 14.4 Å². The molecule has 0 bridgehead atoms. The number of aromatic nitrogens is 1. The van der Waals surface area contributed by atoms with Gasteiger partial charge in [0.1, 0.15) is 5.76 Å². The van der Waals surface area contributed by atoms with E-state index in [1.165, 1.54) is 16.7 Å². The molecule has 0 aliphatic rings. The molecule has 150 valence electrons. The Hall–Kier alpha value is -2.81. The van der Waals surface area contributed by atoms with Crippen LogP contribution in [0.4, 0.5) is 5.82 Å². The minimum absolute atomic E-state index is 0.0694. The van der Waals surface area contributed by atoms with E-state index in [1.54, 1.807) is 58.3 Å². The van der Waals surface area contributed by atoms with Gasteiger partial charge >= 0.3 is 0 Å². The third-order valence-corrected chi connectivity index (χ3v) is 4.95. The van der Waals surface area contributed by atoms with E-state index < -0.39 is 5.25 Å². The zero-order chi connectivity index (χ0) is 20.7. The molecule has 0 aliphatic heterocycles. The van der Waals surface area contributed by atoms with E-state index in [0.717, 1.165) is 5.56 Å². The van der Waals surface area contributed by atoms with Crippen LogP contribution in [-0.4, -0.2) is 52.9 Å². The van der Waals surface area contributed by atoms with Gasteiger partial charge in [-0.1, -0.05) is 17.3 Å². The van der Waals surface area contributed by atoms with Crippen LogP contribution in [0.5, 0.6) is 0 Å². The number of carbonyl (C=O) groups is 3. The molecule has 2 N–H and O–H groups in total. The highest BCUT2D eigenvalue weighted by Gasteiger charge is 2.16. The van der Waals surface area contributed by atoms with Gasteiger partial charge in [0.25, 0.3) is 5.91 Å². The topological polar surface area (TPSA) is 105 Å². The lowest BCUT2D eigenvalue weighted by Gasteiger charge is -2.12. The van der Waals surface area contributed by atoms with Crippen molar-refractivity contribution in [2.45, 2.75) is 25.6 Å². The van der Waals surface area contributed by atoms with E-state index in [1.807, 2.05) is 0 Å². The summed E-state index contributed by atoms with van der Waals surface area (Å²) in [4.78, 5) is 37.5. The number of aryl methyl sites for hydroxylation is 1. The van der Waals surface area contributed by atoms with Crippen molar-refractivity contribution in [2.24, 2.45) is 0 Å². The molecule has 8 nitrogen and oxygen atoms in total. The predicted octanol–water partition coefficient (Wildman–Crippen LogP) is 2.06. The number of rotatable bonds is 8. The Labute approximate surface area is 168 Å². The second-order valence-corrected chi connectivity index (χ2v) is 7.77. The molecule has 0 aliphatic carbocycles. The highest BCUT2D eigenvalue weighted by Crippen LogP contribution is 2.14. The molecule has 0 saturated heterocycles. The van der Waals surface area contributed by atoms with Crippen molar-refractivity contribution in [1.82, 2.24) is 15.4 Å². The molecule has 1 aromatic heterocycles. The Bertz CT molecular complexity index is 833. The molecule has 0 radical (unpaired) electrons. The van der Waals surface area contributed by atoms with Crippen molar-refractivity contribution in [3.63, 3.8) is 0 Å². The summed E-state index contributed by atoms with van der Waals surface area (Å²) < 4.78 is 4.89. The van der Waals surface area contributed by atoms with E-state index in [9.17, 15) is 14.4 Å². The third-order valence-electron chi connectivity index (χ3n) is 3.81. The van der Waals surface area contributed by atoms with Gasteiger partial charge in [-0.25, -0.2) is 0 Å². The predicted molar refractivity (Wildman–Crippen MR) is 108 cm³/mol. The molecule has 0 spiro atoms. The minimum atomic E-state index is -0.418. The van der Waals surface area contributed by atoms with Crippen LogP contribution in [0.3, 0.4) is 0 Å². The number of amides is 3. The zero-order valence-corrected chi connectivity index (χ0v) is 17.1. The Balaban J connectivity index is 1.73. The minimum Gasteiger partial charge on any atom is -0.360 e. The van der Waals surface area contributed by atoms with Crippen LogP contribution in [0.15, 0.2) is 34.9 Å². The number of nitrogens with one attached hydrogen (secondary N) is 2. The van der Waals surface area contributed by atoms with Gasteiger partial charge in [0.2, 0.25) is 11.8 Å². The molecular formula is C19H24N4O4S. The van der Waals surface area contributed by atoms with Gasteiger partial charge in [0.15, 0.2) is 5.82 Å². The molecule has 0 unspecified atom stereocenters. The first-order valence-electron chi connectivity index (χ1n) is 8.69. The number of anilines is 1. The Morgan fingerprint density at radius 3 is 2.46 bits per heavy atom. The second kappa shape index (κ2) is 9.93. The number of benzene rings is 1. The van der Waals surface area contributed by atoms with Gasteiger partial charge in [0.05, 0.1) is 11.0 Å². The molecule has 2 aromatic rings. The SMILES string of the molecule is Cc1cc(NC(=O)[C@@H](C)SCC(=O)NCc2ccc(C(=O)N(C)C)cc2)no1. The quantitative estimate of drug-likeness (QED) is 0.698. The summed E-state index contributed by atoms with van der Waals surface area (Å²) >= 11 is 1.23. The number of hydrogen-bond donors (Lipinski definition) is 2. The molecule has 1 heterocycles. The Morgan fingerprint density at radius 1 is 1.21 bits per heavy atom. The fraction of sp³-hybridized carbons (Fsp3) is 0.368. The van der Waals surface area contributed by atoms with Crippen LogP contribution in [0.25, 0.3) is 0 Å². The van der Waals surface area contributed by atoms with Gasteiger partial charge < -0.3 is 20.1 Å². The summed E-state index contributed by atoms with van der Waals surface area (Å²) in [5, 5.41) is 8.73. The smallest absolute Gasteiger partial charge is 0.253 e. The lowest BCUT2D eigenvalue weighted by molar-refractivity contribution is -0.118. The van der Waals surface area contributed by atoms with Gasteiger partial charge in [-0.05, 0) is 31.5 Å². The van der Waals surface area contributed by atoms with Crippen molar-refractivity contribution in [3.8, 4) is 0 Å². The molecule has 1 aromatic carbocycles. The first-order valence-corrected chi connectivity index (χ1v) is 9.74. The lowest BCUT2D eigenvalue weighted by Crippen LogP contribution is -2.28. The Morgan fingerprint density at radius 2 is 1.89 bits per heavy atom. The van der Waals surface area contributed by atoms with Crippen molar-refractivity contribution in [3.05, 3.63) is 47.2 Å². The molecule has 2 rings (SSSR count). The summed E-state index contributed by atoms with van der Waals surface area (Å²) in [6, 6.07) is 8.70. The summed E-state index contributed by atoms with van der Waals surface area (Å²) in [6.45, 7) is 3.81. The average Bonchev–Trinajstić information content (AvgIpc) is 3.08. The normalized spacial score (nSPS) is 11.6. The van der Waals surface area contributed by atoms with Crippen LogP contribution < -0.4 is 10.6 Å². The molecule has 0 fully saturated rings. The van der Waals surface area contributed by atoms with Crippen LogP contribution in [0.1, 0.15) is 28.6 Å². The second-order valence-electron chi connectivity index (χ2n) is 6.44. The van der Waals surface area contributed by atoms with E-state index in [2.05, 4.69) is 15.8 Å². The molecular weight excluding hydrogens is 380 g/mol. The number of thioether (sulfide) groups is 1. The van der Waals surface area contributed by atoms with E-state index in [-0.39, 0.29) is 23.5 Å². The highest BCUT2D eigenvalue weighted by molar-refractivity contribution is 8.01. The molecule has 0 saturated carbocycles. The van der Waals surface area contributed by atoms with Gasteiger partial charge in [0, 0.05) is 32.3 Å². The summed E-state index contributed by atoms with van der Waals surface area (Å²) in [5.41, 5.74) is 1.48. The van der Waals surface area contributed by atoms with E-state index in [0.29, 0.717) is 23.7 Å². The van der Waals surface area contributed by atoms with Crippen LogP contribution in [0.2, 0.25) is 0 Å². The number of carbonyl (C=O) groups excluding carboxylic acids is 3. The highest BCUT2D eigenvalue weighted by atomic mass is 32.2.